The second-order valence-electron chi connectivity index (χ2n) is 17.2. The van der Waals surface area contributed by atoms with Gasteiger partial charge in [0.05, 0.1) is 47.2 Å². The lowest BCUT2D eigenvalue weighted by Crippen LogP contribution is -1.99. The summed E-state index contributed by atoms with van der Waals surface area (Å²) in [4.78, 5) is 19.3. The van der Waals surface area contributed by atoms with Crippen LogP contribution in [0.25, 0.3) is 127 Å². The van der Waals surface area contributed by atoms with Gasteiger partial charge < -0.3 is 5.73 Å². The summed E-state index contributed by atoms with van der Waals surface area (Å²) in [7, 11) is 0. The van der Waals surface area contributed by atoms with E-state index in [2.05, 4.69) is 215 Å². The van der Waals surface area contributed by atoms with Crippen LogP contribution < -0.4 is 5.73 Å². The first-order chi connectivity index (χ1) is 33.6. The molecule has 0 aliphatic heterocycles. The predicted octanol–water partition coefficient (Wildman–Crippen LogP) is 15.4. The molecule has 0 atom stereocenters. The molecule has 0 spiro atoms. The Bertz CT molecular complexity index is 3870. The number of nitrogens with two attached hydrogens (primary N) is 1. The first-order valence-corrected chi connectivity index (χ1v) is 22.8. The van der Waals surface area contributed by atoms with Crippen molar-refractivity contribution in [2.75, 3.05) is 5.73 Å². The average Bonchev–Trinajstić information content (AvgIpc) is 3.73. The second-order valence-corrected chi connectivity index (χ2v) is 17.2. The van der Waals surface area contributed by atoms with Crippen LogP contribution in [0.4, 0.5) is 5.82 Å². The van der Waals surface area contributed by atoms with E-state index in [1.54, 1.807) is 12.4 Å². The van der Waals surface area contributed by atoms with E-state index in [-0.39, 0.29) is 0 Å². The minimum Gasteiger partial charge on any atom is -0.382 e. The lowest BCUT2D eigenvalue weighted by atomic mass is 9.90. The quantitative estimate of drug-likeness (QED) is 0.173. The van der Waals surface area contributed by atoms with E-state index < -0.39 is 0 Å². The summed E-state index contributed by atoms with van der Waals surface area (Å²) in [6.45, 7) is 0. The Kier molecular flexibility index (Phi) is 9.22. The van der Waals surface area contributed by atoms with E-state index in [1.807, 2.05) is 18.5 Å². The number of anilines is 1. The highest BCUT2D eigenvalue weighted by Gasteiger charge is 2.20. The van der Waals surface area contributed by atoms with Gasteiger partial charge >= 0.3 is 0 Å². The van der Waals surface area contributed by atoms with Crippen molar-refractivity contribution in [1.29, 1.82) is 0 Å². The Morgan fingerprint density at radius 2 is 0.706 bits per heavy atom. The largest absolute Gasteiger partial charge is 0.382 e. The number of rotatable bonds is 7. The zero-order chi connectivity index (χ0) is 45.1. The van der Waals surface area contributed by atoms with Gasteiger partial charge in [-0.3, -0.25) is 14.5 Å². The monoisotopic (exact) mass is 868 g/mol. The number of nitrogens with zero attached hydrogens (tertiary/aromatic N) is 5. The molecule has 0 fully saturated rings. The molecule has 0 unspecified atom stereocenters. The lowest BCUT2D eigenvalue weighted by molar-refractivity contribution is 1.05. The molecule has 10 aromatic carbocycles. The van der Waals surface area contributed by atoms with Crippen molar-refractivity contribution in [2.24, 2.45) is 0 Å². The molecule has 13 aromatic rings. The fourth-order valence-electron chi connectivity index (χ4n) is 10.3. The van der Waals surface area contributed by atoms with Crippen LogP contribution in [-0.2, 0) is 0 Å². The van der Waals surface area contributed by atoms with E-state index in [1.165, 1.54) is 54.9 Å². The Hall–Kier alpha value is -9.26. The normalized spacial score (nSPS) is 11.6. The molecule has 68 heavy (non-hydrogen) atoms. The van der Waals surface area contributed by atoms with Crippen LogP contribution >= 0.6 is 0 Å². The van der Waals surface area contributed by atoms with Gasteiger partial charge in [-0.15, -0.1) is 0 Å². The highest BCUT2D eigenvalue weighted by molar-refractivity contribution is 6.15. The van der Waals surface area contributed by atoms with Crippen LogP contribution in [-0.4, -0.2) is 24.5 Å². The topological polar surface area (TPSA) is 82.5 Å². The van der Waals surface area contributed by atoms with Crippen LogP contribution in [0.1, 0.15) is 0 Å². The van der Waals surface area contributed by atoms with Crippen LogP contribution in [0.15, 0.2) is 231 Å². The van der Waals surface area contributed by atoms with Gasteiger partial charge in [-0.1, -0.05) is 182 Å². The van der Waals surface area contributed by atoms with Gasteiger partial charge in [0.1, 0.15) is 5.82 Å². The number of hydrogen-bond donors (Lipinski definition) is 1. The molecule has 0 saturated carbocycles. The molecule has 3 heterocycles. The average molecular weight is 869 g/mol. The van der Waals surface area contributed by atoms with Gasteiger partial charge in [0.25, 0.3) is 0 Å². The summed E-state index contributed by atoms with van der Waals surface area (Å²) in [5, 5.41) is 9.23. The van der Waals surface area contributed by atoms with Crippen molar-refractivity contribution in [3.8, 4) is 72.8 Å². The van der Waals surface area contributed by atoms with Crippen molar-refractivity contribution in [1.82, 2.24) is 24.5 Å². The van der Waals surface area contributed by atoms with Crippen LogP contribution in [0.5, 0.6) is 0 Å². The fourth-order valence-corrected chi connectivity index (χ4v) is 10.3. The Balaban J connectivity index is 1.02. The summed E-state index contributed by atoms with van der Waals surface area (Å²) in [5.74, 6) is 1.11. The molecule has 6 heteroatoms. The summed E-state index contributed by atoms with van der Waals surface area (Å²) in [6.07, 6.45) is 7.10. The van der Waals surface area contributed by atoms with Crippen molar-refractivity contribution >= 4 is 59.9 Å². The van der Waals surface area contributed by atoms with Gasteiger partial charge in [0.2, 0.25) is 0 Å². The first kappa shape index (κ1) is 39.1. The van der Waals surface area contributed by atoms with Gasteiger partial charge in [-0.05, 0) is 95.7 Å². The van der Waals surface area contributed by atoms with E-state index in [9.17, 15) is 0 Å². The standard InChI is InChI=1S/C62H40N6/c63-58-37-64-54(35-66-58)50-27-11-21-43-22-12-28-51(62(43)50)55-36-67-59(38-65-55)68-56-31-29-44(48-25-9-19-41-17-7-23-46(60(41)48)39-13-3-1-4-14-39)33-52(56)53-34-45(30-32-57(53)68)49-26-10-20-42-18-8-24-47(61(42)49)40-15-5-2-6-16-40/h1-38H,(H2,63,66). The molecule has 0 aliphatic carbocycles. The molecule has 13 rings (SSSR count). The lowest BCUT2D eigenvalue weighted by Gasteiger charge is -2.13. The number of benzene rings is 10. The number of hydrogen-bond acceptors (Lipinski definition) is 5. The second kappa shape index (κ2) is 16.0. The molecule has 0 bridgehead atoms. The third-order valence-electron chi connectivity index (χ3n) is 13.4. The number of fused-ring (bicyclic) bond motifs is 6. The van der Waals surface area contributed by atoms with Gasteiger partial charge in [-0.25, -0.2) is 9.97 Å². The maximum absolute atomic E-state index is 5.93. The summed E-state index contributed by atoms with van der Waals surface area (Å²) >= 11 is 0. The molecule has 318 valence electrons. The zero-order valence-electron chi connectivity index (χ0n) is 36.8. The van der Waals surface area contributed by atoms with Crippen molar-refractivity contribution < 1.29 is 0 Å². The molecule has 0 aliphatic rings. The summed E-state index contributed by atoms with van der Waals surface area (Å²) in [5.41, 5.74) is 20.9. The molecule has 2 N–H and O–H groups in total. The van der Waals surface area contributed by atoms with Crippen molar-refractivity contribution in [2.45, 2.75) is 0 Å². The SMILES string of the molecule is Nc1cnc(-c2cccc3cccc(-c4cnc(-n5c6ccc(-c7cccc8cccc(-c9ccccc9)c78)cc6c6cc(-c7cccc8cccc(-c9ccccc9)c78)ccc65)cn4)c23)cn1. The highest BCUT2D eigenvalue weighted by Crippen LogP contribution is 2.43. The predicted molar refractivity (Wildman–Crippen MR) is 282 cm³/mol. The molecule has 3 aromatic heterocycles. The minimum atomic E-state index is 0.379. The van der Waals surface area contributed by atoms with Gasteiger partial charge in [0.15, 0.2) is 5.82 Å². The van der Waals surface area contributed by atoms with E-state index in [0.717, 1.165) is 72.0 Å². The summed E-state index contributed by atoms with van der Waals surface area (Å²) < 4.78 is 2.25. The molecular formula is C62H40N6. The van der Waals surface area contributed by atoms with Crippen molar-refractivity contribution in [3.63, 3.8) is 0 Å². The maximum atomic E-state index is 5.93. The maximum Gasteiger partial charge on any atom is 0.156 e. The fraction of sp³-hybridized carbons (Fsp3) is 0. The molecular weight excluding hydrogens is 829 g/mol. The molecule has 0 amide bonds. The van der Waals surface area contributed by atoms with Crippen molar-refractivity contribution in [3.05, 3.63) is 231 Å². The van der Waals surface area contributed by atoms with E-state index >= 15 is 0 Å². The van der Waals surface area contributed by atoms with Gasteiger partial charge in [0, 0.05) is 27.3 Å². The molecule has 0 saturated heterocycles. The smallest absolute Gasteiger partial charge is 0.156 e. The third kappa shape index (κ3) is 6.50. The van der Waals surface area contributed by atoms with E-state index in [0.29, 0.717) is 5.82 Å². The summed E-state index contributed by atoms with van der Waals surface area (Å²) in [6, 6.07) is 74.1. The van der Waals surface area contributed by atoms with Crippen LogP contribution in [0.2, 0.25) is 0 Å². The van der Waals surface area contributed by atoms with Crippen LogP contribution in [0.3, 0.4) is 0 Å². The highest BCUT2D eigenvalue weighted by atomic mass is 15.1. The van der Waals surface area contributed by atoms with Crippen LogP contribution in [0, 0.1) is 0 Å². The Labute approximate surface area is 392 Å². The Morgan fingerprint density at radius 3 is 1.12 bits per heavy atom. The number of aromatic nitrogens is 5. The zero-order valence-corrected chi connectivity index (χ0v) is 36.8. The first-order valence-electron chi connectivity index (χ1n) is 22.8. The molecule has 6 nitrogen and oxygen atoms in total. The Morgan fingerprint density at radius 1 is 0.309 bits per heavy atom. The minimum absolute atomic E-state index is 0.379. The molecule has 0 radical (unpaired) electrons. The number of nitrogen functional groups attached to an aromatic ring is 1. The van der Waals surface area contributed by atoms with E-state index in [4.69, 9.17) is 15.7 Å². The van der Waals surface area contributed by atoms with Gasteiger partial charge in [-0.2, -0.15) is 0 Å². The third-order valence-corrected chi connectivity index (χ3v) is 13.4.